The second-order valence-corrected chi connectivity index (χ2v) is 8.79. The summed E-state index contributed by atoms with van der Waals surface area (Å²) < 4.78 is 7.52. The van der Waals surface area contributed by atoms with E-state index in [-0.39, 0.29) is 18.1 Å². The molecule has 0 bridgehead atoms. The van der Waals surface area contributed by atoms with E-state index in [4.69, 9.17) is 16.3 Å². The highest BCUT2D eigenvalue weighted by atomic mass is 35.5. The summed E-state index contributed by atoms with van der Waals surface area (Å²) in [6.45, 7) is 0.618. The summed E-state index contributed by atoms with van der Waals surface area (Å²) in [6, 6.07) is 16.5. The fraction of sp³-hybridized carbons (Fsp3) is 0.185. The minimum absolute atomic E-state index is 0.202. The number of carbonyl (C=O) groups excluding carboxylic acids is 1. The van der Waals surface area contributed by atoms with Crippen molar-refractivity contribution in [1.29, 1.82) is 0 Å². The zero-order chi connectivity index (χ0) is 23.8. The number of rotatable bonds is 4. The average molecular weight is 475 g/mol. The molecule has 0 saturated carbocycles. The first kappa shape index (κ1) is 22.0. The number of methoxy groups -OCH3 is 1. The lowest BCUT2D eigenvalue weighted by molar-refractivity contribution is 0.0685. The molecule has 6 nitrogen and oxygen atoms in total. The maximum Gasteiger partial charge on any atom is 0.352 e. The van der Waals surface area contributed by atoms with Crippen LogP contribution in [0.1, 0.15) is 50.5 Å². The van der Waals surface area contributed by atoms with Gasteiger partial charge in [0.2, 0.25) is 0 Å². The van der Waals surface area contributed by atoms with Gasteiger partial charge in [0.15, 0.2) is 0 Å². The number of carbonyl (C=O) groups is 2. The third kappa shape index (κ3) is 3.80. The predicted octanol–water partition coefficient (Wildman–Crippen LogP) is 5.70. The van der Waals surface area contributed by atoms with E-state index in [0.717, 1.165) is 39.5 Å². The highest BCUT2D eigenvalue weighted by Crippen LogP contribution is 2.38. The van der Waals surface area contributed by atoms with Gasteiger partial charge in [0, 0.05) is 28.4 Å². The van der Waals surface area contributed by atoms with Crippen molar-refractivity contribution in [2.24, 2.45) is 0 Å². The van der Waals surface area contributed by atoms with Crippen LogP contribution >= 0.6 is 11.6 Å². The van der Waals surface area contributed by atoms with Crippen LogP contribution in [-0.4, -0.2) is 28.7 Å². The molecule has 2 aliphatic rings. The molecule has 1 aliphatic heterocycles. The molecule has 7 heteroatoms. The van der Waals surface area contributed by atoms with E-state index in [1.54, 1.807) is 34.8 Å². The number of benzene rings is 2. The van der Waals surface area contributed by atoms with Gasteiger partial charge >= 0.3 is 5.97 Å². The summed E-state index contributed by atoms with van der Waals surface area (Å²) in [7, 11) is 1.57. The number of aromatic nitrogens is 1. The van der Waals surface area contributed by atoms with Crippen molar-refractivity contribution >= 4 is 34.7 Å². The van der Waals surface area contributed by atoms with Crippen LogP contribution in [0.25, 0.3) is 5.57 Å². The van der Waals surface area contributed by atoms with Gasteiger partial charge in [-0.05, 0) is 41.8 Å². The quantitative estimate of drug-likeness (QED) is 0.526. The van der Waals surface area contributed by atoms with Crippen molar-refractivity contribution in [3.05, 3.63) is 99.9 Å². The molecular weight excluding hydrogens is 452 g/mol. The molecule has 0 unspecified atom stereocenters. The van der Waals surface area contributed by atoms with E-state index < -0.39 is 5.97 Å². The van der Waals surface area contributed by atoms with Crippen LogP contribution in [0.3, 0.4) is 0 Å². The van der Waals surface area contributed by atoms with Gasteiger partial charge in [-0.25, -0.2) is 4.79 Å². The lowest BCUT2D eigenvalue weighted by Crippen LogP contribution is -2.31. The number of carboxylic acids is 1. The van der Waals surface area contributed by atoms with E-state index in [1.807, 2.05) is 42.5 Å². The van der Waals surface area contributed by atoms with Gasteiger partial charge < -0.3 is 19.3 Å². The van der Waals surface area contributed by atoms with Crippen LogP contribution < -0.4 is 9.64 Å². The lowest BCUT2D eigenvalue weighted by Gasteiger charge is -2.25. The molecule has 0 atom stereocenters. The van der Waals surface area contributed by atoms with E-state index in [1.165, 1.54) is 0 Å². The molecule has 0 spiro atoms. The molecule has 1 aromatic heterocycles. The molecule has 2 aromatic carbocycles. The number of fused-ring (bicyclic) bond motifs is 2. The third-order valence-corrected chi connectivity index (χ3v) is 6.61. The van der Waals surface area contributed by atoms with Crippen LogP contribution in [0, 0.1) is 0 Å². The standard InChI is InChI=1S/C27H23ClN2O4/c1-34-25-21(17-7-4-8-19(28)14-17)9-5-10-22(25)26(31)30-16-20-12-13-24(27(32)33)29(20)15-18-6-2-3-11-23(18)30/h2-3,5-13H,4,14-16H2,1H3,(H,32,33). The van der Waals surface area contributed by atoms with Crippen molar-refractivity contribution in [2.45, 2.75) is 25.9 Å². The number of nitrogens with zero attached hydrogens (tertiary/aromatic N) is 2. The molecule has 3 aromatic rings. The minimum Gasteiger partial charge on any atom is -0.495 e. The minimum atomic E-state index is -0.994. The molecule has 1 aliphatic carbocycles. The fourth-order valence-corrected chi connectivity index (χ4v) is 4.95. The van der Waals surface area contributed by atoms with Gasteiger partial charge in [-0.1, -0.05) is 54.1 Å². The van der Waals surface area contributed by atoms with E-state index in [9.17, 15) is 14.7 Å². The summed E-state index contributed by atoms with van der Waals surface area (Å²) in [5, 5.41) is 10.4. The Morgan fingerprint density at radius 2 is 1.82 bits per heavy atom. The smallest absolute Gasteiger partial charge is 0.352 e. The number of amides is 1. The number of allylic oxidation sites excluding steroid dienone is 4. The first-order valence-corrected chi connectivity index (χ1v) is 11.4. The van der Waals surface area contributed by atoms with E-state index >= 15 is 0 Å². The fourth-order valence-electron chi connectivity index (χ4n) is 4.71. The maximum absolute atomic E-state index is 14.0. The summed E-state index contributed by atoms with van der Waals surface area (Å²) in [4.78, 5) is 27.5. The second kappa shape index (κ2) is 8.88. The Balaban J connectivity index is 1.60. The lowest BCUT2D eigenvalue weighted by atomic mass is 9.94. The van der Waals surface area contributed by atoms with E-state index in [0.29, 0.717) is 24.3 Å². The van der Waals surface area contributed by atoms with Crippen LogP contribution in [0.5, 0.6) is 5.75 Å². The Morgan fingerprint density at radius 1 is 1.00 bits per heavy atom. The number of carboxylic acid groups (broad SMARTS) is 1. The first-order valence-electron chi connectivity index (χ1n) is 11.0. The first-order chi connectivity index (χ1) is 16.5. The number of aromatic carboxylic acids is 1. The van der Waals surface area contributed by atoms with Crippen LogP contribution in [0.4, 0.5) is 5.69 Å². The largest absolute Gasteiger partial charge is 0.495 e. The zero-order valence-corrected chi connectivity index (χ0v) is 19.4. The van der Waals surface area contributed by atoms with E-state index in [2.05, 4.69) is 6.08 Å². The SMILES string of the molecule is COc1c(C(=O)N2Cc3ccc(C(=O)O)n3Cc3ccccc32)cccc1C1=CCC=C(Cl)C1. The Kier molecular flexibility index (Phi) is 5.75. The van der Waals surface area contributed by atoms with Gasteiger partial charge in [-0.3, -0.25) is 4.79 Å². The highest BCUT2D eigenvalue weighted by molar-refractivity contribution is 6.30. The number of hydrogen-bond donors (Lipinski definition) is 1. The predicted molar refractivity (Wildman–Crippen MR) is 132 cm³/mol. The van der Waals surface area contributed by atoms with Crippen molar-refractivity contribution in [3.8, 4) is 5.75 Å². The number of halogens is 1. The van der Waals surface area contributed by atoms with Crippen molar-refractivity contribution in [3.63, 3.8) is 0 Å². The molecule has 0 saturated heterocycles. The maximum atomic E-state index is 14.0. The molecule has 5 rings (SSSR count). The van der Waals surface area contributed by atoms with Gasteiger partial charge in [0.05, 0.1) is 25.8 Å². The van der Waals surface area contributed by atoms with Crippen LogP contribution in [0.15, 0.2) is 71.8 Å². The summed E-state index contributed by atoms with van der Waals surface area (Å²) in [6.07, 6.45) is 5.40. The Morgan fingerprint density at radius 3 is 2.59 bits per heavy atom. The summed E-state index contributed by atoms with van der Waals surface area (Å²) in [5.41, 5.74) is 4.89. The number of hydrogen-bond acceptors (Lipinski definition) is 3. The number of ether oxygens (including phenoxy) is 1. The van der Waals surface area contributed by atoms with Crippen LogP contribution in [0.2, 0.25) is 0 Å². The molecular formula is C27H23ClN2O4. The Labute approximate surface area is 202 Å². The normalized spacial score (nSPS) is 14.9. The Hall–Kier alpha value is -3.77. The highest BCUT2D eigenvalue weighted by Gasteiger charge is 2.29. The zero-order valence-electron chi connectivity index (χ0n) is 18.6. The topological polar surface area (TPSA) is 71.8 Å². The molecule has 0 fully saturated rings. The average Bonchev–Trinajstić information content (AvgIpc) is 3.16. The molecule has 1 N–H and O–H groups in total. The molecule has 1 amide bonds. The Bertz CT molecular complexity index is 1370. The molecule has 172 valence electrons. The van der Waals surface area contributed by atoms with Gasteiger partial charge in [0.1, 0.15) is 11.4 Å². The van der Waals surface area contributed by atoms with Crippen molar-refractivity contribution in [1.82, 2.24) is 4.57 Å². The van der Waals surface area contributed by atoms with Crippen molar-refractivity contribution < 1.29 is 19.4 Å². The number of anilines is 1. The molecule has 34 heavy (non-hydrogen) atoms. The van der Waals surface area contributed by atoms with Gasteiger partial charge in [0.25, 0.3) is 5.91 Å². The molecule has 2 heterocycles. The summed E-state index contributed by atoms with van der Waals surface area (Å²) >= 11 is 6.29. The van der Waals surface area contributed by atoms with Gasteiger partial charge in [-0.2, -0.15) is 0 Å². The van der Waals surface area contributed by atoms with Crippen molar-refractivity contribution in [2.75, 3.05) is 12.0 Å². The number of para-hydroxylation sites is 2. The second-order valence-electron chi connectivity index (χ2n) is 8.30. The van der Waals surface area contributed by atoms with Gasteiger partial charge in [-0.15, -0.1) is 0 Å². The third-order valence-electron chi connectivity index (χ3n) is 6.32. The monoisotopic (exact) mass is 474 g/mol. The van der Waals surface area contributed by atoms with Crippen LogP contribution in [-0.2, 0) is 13.1 Å². The summed E-state index contributed by atoms with van der Waals surface area (Å²) in [5.74, 6) is -0.699. The molecule has 0 radical (unpaired) electrons.